The summed E-state index contributed by atoms with van der Waals surface area (Å²) in [6.07, 6.45) is 10.1. The second-order valence-electron chi connectivity index (χ2n) is 11.8. The average molecular weight is 820 g/mol. The summed E-state index contributed by atoms with van der Waals surface area (Å²) in [4.78, 5) is 7.24. The quantitative estimate of drug-likeness (QED) is 0.118. The molecule has 7 rings (SSSR count). The van der Waals surface area contributed by atoms with Crippen LogP contribution >= 0.6 is 23.5 Å². The van der Waals surface area contributed by atoms with E-state index in [9.17, 15) is 0 Å². The van der Waals surface area contributed by atoms with Crippen LogP contribution in [-0.4, -0.2) is 31.8 Å². The van der Waals surface area contributed by atoms with Gasteiger partial charge in [-0.1, -0.05) is 50.6 Å². The van der Waals surface area contributed by atoms with E-state index in [1.807, 2.05) is 41.3 Å². The van der Waals surface area contributed by atoms with Crippen LogP contribution in [0.3, 0.4) is 0 Å². The number of para-hydroxylation sites is 1. The van der Waals surface area contributed by atoms with Crippen LogP contribution in [0, 0.1) is 12.1 Å². The van der Waals surface area contributed by atoms with Crippen LogP contribution in [-0.2, 0) is 26.5 Å². The van der Waals surface area contributed by atoms with Crippen molar-refractivity contribution >= 4 is 45.3 Å². The van der Waals surface area contributed by atoms with Crippen molar-refractivity contribution in [3.63, 3.8) is 0 Å². The number of fused-ring (bicyclic) bond motifs is 3. The third kappa shape index (κ3) is 6.04. The average Bonchev–Trinajstić information content (AvgIpc) is 3.67. The number of ether oxygens (including phenoxy) is 1. The van der Waals surface area contributed by atoms with Gasteiger partial charge in [0.25, 0.3) is 0 Å². The van der Waals surface area contributed by atoms with Crippen molar-refractivity contribution in [2.24, 2.45) is 0 Å². The van der Waals surface area contributed by atoms with E-state index in [4.69, 9.17) is 9.72 Å². The Bertz CT molecular complexity index is 2160. The first-order chi connectivity index (χ1) is 21.8. The zero-order chi connectivity index (χ0) is 31.1. The van der Waals surface area contributed by atoms with E-state index in [1.54, 1.807) is 23.5 Å². The Hall–Kier alpha value is -3.77. The predicted molar refractivity (Wildman–Crippen MR) is 188 cm³/mol. The molecule has 5 nitrogen and oxygen atoms in total. The zero-order valence-electron chi connectivity index (χ0n) is 26.1. The molecule has 3 aromatic heterocycles. The van der Waals surface area contributed by atoms with Crippen LogP contribution < -0.4 is 4.74 Å². The van der Waals surface area contributed by atoms with Gasteiger partial charge in [-0.25, -0.2) is 4.98 Å². The molecule has 232 valence electrons. The topological polar surface area (TPSA) is 44.9 Å². The Balaban J connectivity index is 0.00000372. The van der Waals surface area contributed by atoms with Crippen molar-refractivity contribution in [1.82, 2.24) is 19.3 Å². The minimum Gasteiger partial charge on any atom is -0.509 e. The van der Waals surface area contributed by atoms with E-state index < -0.39 is 0 Å². The largest absolute Gasteiger partial charge is 2.00 e. The SMILES string of the molecule is CSc1cccc(SC)c1-c1cnn(-c2[c-]c(Oc3[c-]c4c(cc3)c3ccccc3n4-c3cc(C(C)(C)C)ccn3)ccc2)c1.[Pt+2]. The van der Waals surface area contributed by atoms with E-state index >= 15 is 0 Å². The number of pyridine rings is 1. The minimum absolute atomic E-state index is 0. The number of aromatic nitrogens is 4. The van der Waals surface area contributed by atoms with E-state index in [0.717, 1.165) is 38.9 Å². The van der Waals surface area contributed by atoms with Crippen molar-refractivity contribution < 1.29 is 25.8 Å². The van der Waals surface area contributed by atoms with Gasteiger partial charge in [0.05, 0.1) is 6.20 Å². The Morgan fingerprint density at radius 2 is 1.52 bits per heavy atom. The summed E-state index contributed by atoms with van der Waals surface area (Å²) in [5.41, 5.74) is 6.29. The van der Waals surface area contributed by atoms with Crippen LogP contribution in [0.2, 0.25) is 0 Å². The molecule has 7 aromatic rings. The number of hydrogen-bond acceptors (Lipinski definition) is 5. The van der Waals surface area contributed by atoms with Crippen molar-refractivity contribution in [2.45, 2.75) is 36.0 Å². The van der Waals surface area contributed by atoms with Gasteiger partial charge in [-0.3, -0.25) is 4.68 Å². The van der Waals surface area contributed by atoms with E-state index in [0.29, 0.717) is 11.5 Å². The molecule has 0 saturated carbocycles. The number of rotatable bonds is 7. The molecule has 0 radical (unpaired) electrons. The van der Waals surface area contributed by atoms with Gasteiger partial charge in [-0.2, -0.15) is 17.2 Å². The molecule has 0 spiro atoms. The molecule has 0 bridgehead atoms. The second kappa shape index (κ2) is 13.2. The van der Waals surface area contributed by atoms with E-state index in [2.05, 4.69) is 122 Å². The molecule has 0 aliphatic rings. The fraction of sp³-hybridized carbons (Fsp3) is 0.158. The van der Waals surface area contributed by atoms with Crippen LogP contribution in [0.1, 0.15) is 26.3 Å². The first-order valence-electron chi connectivity index (χ1n) is 14.7. The molecule has 0 atom stereocenters. The molecular weight excluding hydrogens is 788 g/mol. The second-order valence-corrected chi connectivity index (χ2v) is 13.5. The third-order valence-corrected chi connectivity index (χ3v) is 9.48. The van der Waals surface area contributed by atoms with Gasteiger partial charge in [0.2, 0.25) is 0 Å². The smallest absolute Gasteiger partial charge is 0.509 e. The first-order valence-corrected chi connectivity index (χ1v) is 17.2. The number of thioether (sulfide) groups is 2. The standard InChI is InChI=1S/C38H32N4OS2.Pt/c1-38(2,3)26-18-19-39-36(20-26)42-32-13-7-6-12-30(32)31-17-16-29(22-33(31)42)43-28-11-8-10-27(21-28)41-24-25(23-40-41)37-34(44-4)14-9-15-35(37)45-5;/h6-20,23-24H,1-5H3;/q-2;+2. The predicted octanol–water partition coefficient (Wildman–Crippen LogP) is 10.2. The number of nitrogens with zero attached hydrogens (tertiary/aromatic N) is 4. The van der Waals surface area contributed by atoms with E-state index in [-0.39, 0.29) is 26.5 Å². The third-order valence-electron chi connectivity index (χ3n) is 7.92. The molecular formula is C38H32N4OPtS2. The van der Waals surface area contributed by atoms with Crippen LogP contribution in [0.4, 0.5) is 0 Å². The first kappa shape index (κ1) is 32.2. The maximum Gasteiger partial charge on any atom is 2.00 e. The molecule has 3 heterocycles. The number of benzene rings is 4. The van der Waals surface area contributed by atoms with Crippen molar-refractivity contribution in [1.29, 1.82) is 0 Å². The van der Waals surface area contributed by atoms with Gasteiger partial charge in [0.1, 0.15) is 5.82 Å². The molecule has 0 saturated heterocycles. The molecule has 0 fully saturated rings. The van der Waals surface area contributed by atoms with E-state index in [1.165, 1.54) is 20.9 Å². The van der Waals surface area contributed by atoms with Crippen molar-refractivity contribution in [3.8, 4) is 34.1 Å². The molecule has 46 heavy (non-hydrogen) atoms. The normalized spacial score (nSPS) is 11.6. The summed E-state index contributed by atoms with van der Waals surface area (Å²) in [6.45, 7) is 6.65. The van der Waals surface area contributed by atoms with Crippen LogP contribution in [0.25, 0.3) is 44.4 Å². The maximum atomic E-state index is 6.39. The molecule has 0 unspecified atom stereocenters. The Labute approximate surface area is 292 Å². The Morgan fingerprint density at radius 1 is 0.783 bits per heavy atom. The molecule has 0 aliphatic carbocycles. The maximum absolute atomic E-state index is 6.39. The van der Waals surface area contributed by atoms with Crippen LogP contribution in [0.5, 0.6) is 11.5 Å². The monoisotopic (exact) mass is 819 g/mol. The molecule has 0 amide bonds. The summed E-state index contributed by atoms with van der Waals surface area (Å²) < 4.78 is 10.4. The van der Waals surface area contributed by atoms with Gasteiger partial charge in [0.15, 0.2) is 0 Å². The minimum atomic E-state index is 0. The van der Waals surface area contributed by atoms with Gasteiger partial charge >= 0.3 is 21.1 Å². The fourth-order valence-corrected chi connectivity index (χ4v) is 7.00. The fourth-order valence-electron chi connectivity index (χ4n) is 5.65. The Kier molecular flexibility index (Phi) is 9.20. The Morgan fingerprint density at radius 3 is 2.28 bits per heavy atom. The van der Waals surface area contributed by atoms with Gasteiger partial charge in [-0.05, 0) is 64.9 Å². The van der Waals surface area contributed by atoms with Gasteiger partial charge < -0.3 is 9.30 Å². The summed E-state index contributed by atoms with van der Waals surface area (Å²) in [5, 5.41) is 6.93. The molecule has 0 aliphatic heterocycles. The van der Waals surface area contributed by atoms with Crippen LogP contribution in [0.15, 0.2) is 113 Å². The van der Waals surface area contributed by atoms with Crippen molar-refractivity contribution in [2.75, 3.05) is 12.5 Å². The molecule has 8 heteroatoms. The van der Waals surface area contributed by atoms with Gasteiger partial charge in [-0.15, -0.1) is 59.2 Å². The summed E-state index contributed by atoms with van der Waals surface area (Å²) >= 11 is 3.49. The summed E-state index contributed by atoms with van der Waals surface area (Å²) in [7, 11) is 0. The summed E-state index contributed by atoms with van der Waals surface area (Å²) in [5.74, 6) is 2.05. The molecule has 4 aromatic carbocycles. The molecule has 0 N–H and O–H groups in total. The van der Waals surface area contributed by atoms with Gasteiger partial charge in [0, 0.05) is 50.3 Å². The zero-order valence-corrected chi connectivity index (χ0v) is 30.0. The van der Waals surface area contributed by atoms with Crippen molar-refractivity contribution in [3.05, 3.63) is 121 Å². The number of hydrogen-bond donors (Lipinski definition) is 0. The summed E-state index contributed by atoms with van der Waals surface area (Å²) in [6, 6.07) is 36.0.